The molecule has 1 aliphatic heterocycles. The van der Waals surface area contributed by atoms with Crippen molar-refractivity contribution in [2.24, 2.45) is 5.73 Å². The van der Waals surface area contributed by atoms with Crippen molar-refractivity contribution in [3.63, 3.8) is 0 Å². The number of nitrogens with zero attached hydrogens (tertiary/aromatic N) is 3. The lowest BCUT2D eigenvalue weighted by Crippen LogP contribution is -2.48. The molecule has 2 rings (SSSR count). The lowest BCUT2D eigenvalue weighted by atomic mass is 10.2. The van der Waals surface area contributed by atoms with Crippen molar-refractivity contribution >= 4 is 5.91 Å². The molecule has 1 aliphatic rings. The van der Waals surface area contributed by atoms with E-state index < -0.39 is 0 Å². The van der Waals surface area contributed by atoms with Gasteiger partial charge in [-0.1, -0.05) is 6.92 Å². The molecular weight excluding hydrogens is 240 g/mol. The number of carbonyl (C=O) groups excluding carboxylic acids is 1. The van der Waals surface area contributed by atoms with E-state index in [4.69, 9.17) is 5.73 Å². The Bertz CT molecular complexity index is 427. The summed E-state index contributed by atoms with van der Waals surface area (Å²) in [5.41, 5.74) is 7.01. The number of carbonyl (C=O) groups is 1. The summed E-state index contributed by atoms with van der Waals surface area (Å²) in [5.74, 6) is 0.0910. The standard InChI is InChI=1S/C14H22N4O/c1-2-5-17-6-8-18(9-7-17)14(19)12-3-4-16-13(10-12)11-15/h3-4,10H,2,5-9,11,15H2,1H3. The third kappa shape index (κ3) is 3.52. The summed E-state index contributed by atoms with van der Waals surface area (Å²) in [6.07, 6.45) is 2.82. The first-order chi connectivity index (χ1) is 9.24. The number of hydrogen-bond donors (Lipinski definition) is 1. The SMILES string of the molecule is CCCN1CCN(C(=O)c2ccnc(CN)c2)CC1. The maximum atomic E-state index is 12.4. The Balaban J connectivity index is 1.97. The van der Waals surface area contributed by atoms with Crippen LogP contribution in [0.25, 0.3) is 0 Å². The molecule has 1 saturated heterocycles. The summed E-state index contributed by atoms with van der Waals surface area (Å²) >= 11 is 0. The average Bonchev–Trinajstić information content (AvgIpc) is 2.48. The van der Waals surface area contributed by atoms with Crippen molar-refractivity contribution in [1.82, 2.24) is 14.8 Å². The van der Waals surface area contributed by atoms with Crippen LogP contribution in [0.2, 0.25) is 0 Å². The van der Waals surface area contributed by atoms with Crippen molar-refractivity contribution in [3.05, 3.63) is 29.6 Å². The maximum absolute atomic E-state index is 12.4. The zero-order valence-corrected chi connectivity index (χ0v) is 11.5. The molecule has 0 unspecified atom stereocenters. The Morgan fingerprint density at radius 2 is 2.11 bits per heavy atom. The molecule has 0 bridgehead atoms. The van der Waals surface area contributed by atoms with Crippen molar-refractivity contribution in [3.8, 4) is 0 Å². The van der Waals surface area contributed by atoms with Crippen LogP contribution >= 0.6 is 0 Å². The molecule has 0 aromatic carbocycles. The van der Waals surface area contributed by atoms with Gasteiger partial charge in [-0.15, -0.1) is 0 Å². The van der Waals surface area contributed by atoms with Crippen LogP contribution in [0.15, 0.2) is 18.3 Å². The fourth-order valence-electron chi connectivity index (χ4n) is 2.40. The van der Waals surface area contributed by atoms with Crippen LogP contribution in [0.4, 0.5) is 0 Å². The number of piperazine rings is 1. The van der Waals surface area contributed by atoms with E-state index in [0.717, 1.165) is 44.8 Å². The highest BCUT2D eigenvalue weighted by molar-refractivity contribution is 5.94. The number of rotatable bonds is 4. The molecule has 1 aromatic heterocycles. The number of aromatic nitrogens is 1. The van der Waals surface area contributed by atoms with Gasteiger partial charge < -0.3 is 10.6 Å². The minimum Gasteiger partial charge on any atom is -0.336 e. The highest BCUT2D eigenvalue weighted by atomic mass is 16.2. The first-order valence-electron chi connectivity index (χ1n) is 6.91. The van der Waals surface area contributed by atoms with Gasteiger partial charge in [0, 0.05) is 44.5 Å². The van der Waals surface area contributed by atoms with Gasteiger partial charge in [-0.05, 0) is 25.1 Å². The summed E-state index contributed by atoms with van der Waals surface area (Å²) in [5, 5.41) is 0. The van der Waals surface area contributed by atoms with Gasteiger partial charge in [-0.2, -0.15) is 0 Å². The summed E-state index contributed by atoms with van der Waals surface area (Å²) < 4.78 is 0. The molecule has 1 amide bonds. The highest BCUT2D eigenvalue weighted by Gasteiger charge is 2.21. The Morgan fingerprint density at radius 3 is 2.74 bits per heavy atom. The molecule has 0 spiro atoms. The van der Waals surface area contributed by atoms with E-state index in [9.17, 15) is 4.79 Å². The van der Waals surface area contributed by atoms with Crippen molar-refractivity contribution < 1.29 is 4.79 Å². The van der Waals surface area contributed by atoms with Crippen LogP contribution in [0.1, 0.15) is 29.4 Å². The Labute approximate surface area is 114 Å². The zero-order chi connectivity index (χ0) is 13.7. The second kappa shape index (κ2) is 6.63. The van der Waals surface area contributed by atoms with E-state index >= 15 is 0 Å². The normalized spacial score (nSPS) is 16.6. The van der Waals surface area contributed by atoms with Gasteiger partial charge in [0.1, 0.15) is 0 Å². The molecule has 2 N–H and O–H groups in total. The largest absolute Gasteiger partial charge is 0.336 e. The second-order valence-corrected chi connectivity index (χ2v) is 4.87. The molecular formula is C14H22N4O. The molecule has 1 aromatic rings. The topological polar surface area (TPSA) is 62.5 Å². The van der Waals surface area contributed by atoms with Crippen LogP contribution in [0.5, 0.6) is 0 Å². The van der Waals surface area contributed by atoms with Gasteiger partial charge in [0.25, 0.3) is 5.91 Å². The fraction of sp³-hybridized carbons (Fsp3) is 0.571. The molecule has 19 heavy (non-hydrogen) atoms. The zero-order valence-electron chi connectivity index (χ0n) is 11.5. The van der Waals surface area contributed by atoms with Crippen molar-refractivity contribution in [2.75, 3.05) is 32.7 Å². The average molecular weight is 262 g/mol. The quantitative estimate of drug-likeness (QED) is 0.868. The number of hydrogen-bond acceptors (Lipinski definition) is 4. The summed E-state index contributed by atoms with van der Waals surface area (Å²) in [6.45, 7) is 7.21. The molecule has 5 heteroatoms. The molecule has 2 heterocycles. The van der Waals surface area contributed by atoms with Gasteiger partial charge in [0.2, 0.25) is 0 Å². The number of pyridine rings is 1. The van der Waals surface area contributed by atoms with Gasteiger partial charge in [-0.25, -0.2) is 0 Å². The van der Waals surface area contributed by atoms with Crippen LogP contribution in [-0.4, -0.2) is 53.4 Å². The van der Waals surface area contributed by atoms with E-state index in [1.165, 1.54) is 0 Å². The van der Waals surface area contributed by atoms with Gasteiger partial charge in [0.15, 0.2) is 0 Å². The molecule has 0 radical (unpaired) electrons. The van der Waals surface area contributed by atoms with Crippen LogP contribution < -0.4 is 5.73 Å². The fourth-order valence-corrected chi connectivity index (χ4v) is 2.40. The van der Waals surface area contributed by atoms with Gasteiger partial charge >= 0.3 is 0 Å². The van der Waals surface area contributed by atoms with E-state index in [0.29, 0.717) is 12.1 Å². The van der Waals surface area contributed by atoms with E-state index in [1.54, 1.807) is 18.3 Å². The van der Waals surface area contributed by atoms with E-state index in [2.05, 4.69) is 16.8 Å². The van der Waals surface area contributed by atoms with Crippen LogP contribution in [-0.2, 0) is 6.54 Å². The first-order valence-corrected chi connectivity index (χ1v) is 6.91. The summed E-state index contributed by atoms with van der Waals surface area (Å²) in [4.78, 5) is 20.8. The van der Waals surface area contributed by atoms with Crippen LogP contribution in [0, 0.1) is 0 Å². The highest BCUT2D eigenvalue weighted by Crippen LogP contribution is 2.09. The molecule has 1 fully saturated rings. The van der Waals surface area contributed by atoms with E-state index in [1.807, 2.05) is 4.90 Å². The molecule has 0 aliphatic carbocycles. The molecule has 0 saturated carbocycles. The summed E-state index contributed by atoms with van der Waals surface area (Å²) in [6, 6.07) is 3.56. The van der Waals surface area contributed by atoms with Crippen molar-refractivity contribution in [1.29, 1.82) is 0 Å². The van der Waals surface area contributed by atoms with Gasteiger partial charge in [0.05, 0.1) is 5.69 Å². The Morgan fingerprint density at radius 1 is 1.37 bits per heavy atom. The van der Waals surface area contributed by atoms with Gasteiger partial charge in [-0.3, -0.25) is 14.7 Å². The third-order valence-corrected chi connectivity index (χ3v) is 3.47. The maximum Gasteiger partial charge on any atom is 0.254 e. The Hall–Kier alpha value is -1.46. The minimum absolute atomic E-state index is 0.0910. The monoisotopic (exact) mass is 262 g/mol. The smallest absolute Gasteiger partial charge is 0.254 e. The molecule has 0 atom stereocenters. The predicted octanol–water partition coefficient (Wildman–Crippen LogP) is 0.708. The summed E-state index contributed by atoms with van der Waals surface area (Å²) in [7, 11) is 0. The molecule has 5 nitrogen and oxygen atoms in total. The van der Waals surface area contributed by atoms with Crippen molar-refractivity contribution in [2.45, 2.75) is 19.9 Å². The number of nitrogens with two attached hydrogens (primary N) is 1. The van der Waals surface area contributed by atoms with Crippen LogP contribution in [0.3, 0.4) is 0 Å². The lowest BCUT2D eigenvalue weighted by Gasteiger charge is -2.34. The Kier molecular flexibility index (Phi) is 4.87. The second-order valence-electron chi connectivity index (χ2n) is 4.87. The third-order valence-electron chi connectivity index (χ3n) is 3.47. The van der Waals surface area contributed by atoms with E-state index in [-0.39, 0.29) is 5.91 Å². The number of amides is 1. The minimum atomic E-state index is 0.0910. The first kappa shape index (κ1) is 14.0. The predicted molar refractivity (Wildman–Crippen MR) is 74.8 cm³/mol. The lowest BCUT2D eigenvalue weighted by molar-refractivity contribution is 0.0637. The molecule has 104 valence electrons.